The van der Waals surface area contributed by atoms with E-state index in [4.69, 9.17) is 0 Å². The van der Waals surface area contributed by atoms with Gasteiger partial charge in [-0.2, -0.15) is 4.99 Å². The largest absolute Gasteiger partial charge is 0.494 e. The van der Waals surface area contributed by atoms with Crippen molar-refractivity contribution in [1.82, 2.24) is 9.55 Å². The van der Waals surface area contributed by atoms with Crippen LogP contribution >= 0.6 is 0 Å². The number of aryl methyl sites for hydroxylation is 1. The maximum Gasteiger partial charge on any atom is 0.279 e. The van der Waals surface area contributed by atoms with Gasteiger partial charge in [-0.05, 0) is 50.1 Å². The van der Waals surface area contributed by atoms with Gasteiger partial charge >= 0.3 is 0 Å². The van der Waals surface area contributed by atoms with Crippen LogP contribution in [0.25, 0.3) is 10.8 Å². The predicted octanol–water partition coefficient (Wildman–Crippen LogP) is 4.95. The van der Waals surface area contributed by atoms with Gasteiger partial charge in [0.05, 0.1) is 5.56 Å². The van der Waals surface area contributed by atoms with Gasteiger partial charge in [-0.25, -0.2) is 4.98 Å². The lowest BCUT2D eigenvalue weighted by Crippen LogP contribution is -2.11. The van der Waals surface area contributed by atoms with Crippen LogP contribution in [0.4, 0.5) is 5.82 Å². The number of azo groups is 1. The summed E-state index contributed by atoms with van der Waals surface area (Å²) in [5, 5.41) is 30.4. The highest BCUT2D eigenvalue weighted by atomic mass is 16.3. The normalized spacial score (nSPS) is 17.7. The molecule has 2 aliphatic rings. The molecular formula is C22H21N5O3. The van der Waals surface area contributed by atoms with Crippen molar-refractivity contribution in [2.24, 2.45) is 15.2 Å². The Hall–Kier alpha value is -3.55. The molecule has 1 amide bonds. The van der Waals surface area contributed by atoms with Gasteiger partial charge in [0.2, 0.25) is 11.8 Å². The third-order valence-electron chi connectivity index (χ3n) is 5.85. The van der Waals surface area contributed by atoms with Gasteiger partial charge in [0.15, 0.2) is 11.7 Å². The molecule has 0 spiro atoms. The van der Waals surface area contributed by atoms with Gasteiger partial charge in [0, 0.05) is 28.1 Å². The van der Waals surface area contributed by atoms with Crippen molar-refractivity contribution in [1.29, 1.82) is 0 Å². The SMILES string of the molecule is Cc1ccc2c(n1)N=NC2=NC(=O)c1ccc2c(O)n(C3CCCCC3)c(O)c2c1. The monoisotopic (exact) mass is 403 g/mol. The van der Waals surface area contributed by atoms with E-state index in [1.54, 1.807) is 28.8 Å². The Morgan fingerprint density at radius 1 is 1.03 bits per heavy atom. The van der Waals surface area contributed by atoms with Crippen molar-refractivity contribution in [3.63, 3.8) is 0 Å². The van der Waals surface area contributed by atoms with E-state index in [9.17, 15) is 15.0 Å². The number of amides is 1. The van der Waals surface area contributed by atoms with Gasteiger partial charge < -0.3 is 10.2 Å². The molecule has 8 heteroatoms. The molecule has 1 aliphatic carbocycles. The van der Waals surface area contributed by atoms with Crippen LogP contribution < -0.4 is 0 Å². The molecular weight excluding hydrogens is 382 g/mol. The molecule has 152 valence electrons. The fourth-order valence-electron chi connectivity index (χ4n) is 4.29. The highest BCUT2D eigenvalue weighted by molar-refractivity contribution is 6.13. The van der Waals surface area contributed by atoms with Gasteiger partial charge in [-0.15, -0.1) is 10.2 Å². The Labute approximate surface area is 172 Å². The zero-order chi connectivity index (χ0) is 20.8. The topological polar surface area (TPSA) is 112 Å². The number of hydrogen-bond donors (Lipinski definition) is 2. The highest BCUT2D eigenvalue weighted by Crippen LogP contribution is 2.43. The fourth-order valence-corrected chi connectivity index (χ4v) is 4.29. The Kier molecular flexibility index (Phi) is 4.34. The van der Waals surface area contributed by atoms with E-state index in [-0.39, 0.29) is 23.6 Å². The lowest BCUT2D eigenvalue weighted by molar-refractivity contribution is 0.100. The summed E-state index contributed by atoms with van der Waals surface area (Å²) < 4.78 is 1.60. The Morgan fingerprint density at radius 3 is 2.60 bits per heavy atom. The maximum absolute atomic E-state index is 12.8. The first-order valence-electron chi connectivity index (χ1n) is 10.1. The third-order valence-corrected chi connectivity index (χ3v) is 5.85. The molecule has 0 radical (unpaired) electrons. The Bertz CT molecular complexity index is 1240. The standard InChI is InChI=1S/C22H21N5O3/c1-12-7-9-16-18(23-12)25-26-19(16)24-20(28)13-8-10-15-17(11-13)22(30)27(21(15)29)14-5-3-2-4-6-14/h7-11,14,29-30H,2-6H2,1H3. The second-order valence-corrected chi connectivity index (χ2v) is 7.83. The van der Waals surface area contributed by atoms with E-state index in [0.717, 1.165) is 31.4 Å². The minimum Gasteiger partial charge on any atom is -0.494 e. The number of hydrogen-bond acceptors (Lipinski definition) is 5. The average Bonchev–Trinajstić information content (AvgIpc) is 3.26. The Morgan fingerprint density at radius 2 is 1.80 bits per heavy atom. The number of carbonyl (C=O) groups excluding carboxylic acids is 1. The van der Waals surface area contributed by atoms with Crippen LogP contribution in [0.2, 0.25) is 0 Å². The van der Waals surface area contributed by atoms with Gasteiger partial charge in [0.25, 0.3) is 5.91 Å². The Balaban J connectivity index is 1.51. The van der Waals surface area contributed by atoms with Crippen LogP contribution in [0, 0.1) is 6.92 Å². The van der Waals surface area contributed by atoms with E-state index in [1.165, 1.54) is 6.42 Å². The third kappa shape index (κ3) is 2.96. The minimum absolute atomic E-state index is 0.0118. The number of aromatic nitrogens is 2. The molecule has 0 bridgehead atoms. The number of rotatable bonds is 2. The molecule has 1 aromatic carbocycles. The zero-order valence-electron chi connectivity index (χ0n) is 16.5. The zero-order valence-corrected chi connectivity index (χ0v) is 16.5. The van der Waals surface area contributed by atoms with Crippen molar-refractivity contribution in [3.05, 3.63) is 47.2 Å². The molecule has 5 rings (SSSR count). The lowest BCUT2D eigenvalue weighted by atomic mass is 9.95. The van der Waals surface area contributed by atoms with Crippen LogP contribution in [0.3, 0.4) is 0 Å². The van der Waals surface area contributed by atoms with Crippen molar-refractivity contribution >= 4 is 28.3 Å². The molecule has 1 saturated carbocycles. The van der Waals surface area contributed by atoms with Crippen molar-refractivity contribution in [3.8, 4) is 11.8 Å². The highest BCUT2D eigenvalue weighted by Gasteiger charge is 2.25. The summed E-state index contributed by atoms with van der Waals surface area (Å²) in [4.78, 5) is 21.1. The quantitative estimate of drug-likeness (QED) is 0.630. The van der Waals surface area contributed by atoms with Crippen molar-refractivity contribution in [2.45, 2.75) is 45.1 Å². The molecule has 2 N–H and O–H groups in total. The summed E-state index contributed by atoms with van der Waals surface area (Å²) in [6.45, 7) is 1.85. The molecule has 3 heterocycles. The first kappa shape index (κ1) is 18.5. The summed E-state index contributed by atoms with van der Waals surface area (Å²) in [5.74, 6) is 0.198. The molecule has 2 aromatic heterocycles. The summed E-state index contributed by atoms with van der Waals surface area (Å²) >= 11 is 0. The molecule has 0 atom stereocenters. The second kappa shape index (κ2) is 7.05. The smallest absolute Gasteiger partial charge is 0.279 e. The van der Waals surface area contributed by atoms with Crippen LogP contribution in [0.15, 0.2) is 45.6 Å². The maximum atomic E-state index is 12.8. The number of carbonyl (C=O) groups is 1. The number of fused-ring (bicyclic) bond motifs is 2. The predicted molar refractivity (Wildman–Crippen MR) is 112 cm³/mol. The molecule has 8 nitrogen and oxygen atoms in total. The van der Waals surface area contributed by atoms with E-state index in [1.807, 2.05) is 13.0 Å². The number of benzene rings is 1. The molecule has 30 heavy (non-hydrogen) atoms. The molecule has 0 saturated heterocycles. The lowest BCUT2D eigenvalue weighted by Gasteiger charge is -2.24. The number of amidine groups is 1. The first-order valence-corrected chi connectivity index (χ1v) is 10.1. The van der Waals surface area contributed by atoms with Gasteiger partial charge in [-0.1, -0.05) is 19.3 Å². The molecule has 0 unspecified atom stereocenters. The first-order chi connectivity index (χ1) is 14.5. The van der Waals surface area contributed by atoms with Crippen LogP contribution in [-0.2, 0) is 0 Å². The van der Waals surface area contributed by atoms with E-state index < -0.39 is 5.91 Å². The van der Waals surface area contributed by atoms with E-state index in [0.29, 0.717) is 27.7 Å². The summed E-state index contributed by atoms with van der Waals surface area (Å²) in [7, 11) is 0. The van der Waals surface area contributed by atoms with Crippen molar-refractivity contribution in [2.75, 3.05) is 0 Å². The average molecular weight is 403 g/mol. The van der Waals surface area contributed by atoms with Crippen molar-refractivity contribution < 1.29 is 15.0 Å². The van der Waals surface area contributed by atoms with Crippen LogP contribution in [0.5, 0.6) is 11.8 Å². The number of nitrogens with zero attached hydrogens (tertiary/aromatic N) is 5. The molecule has 3 aromatic rings. The summed E-state index contributed by atoms with van der Waals surface area (Å²) in [6.07, 6.45) is 5.15. The van der Waals surface area contributed by atoms with Gasteiger partial charge in [-0.3, -0.25) is 9.36 Å². The van der Waals surface area contributed by atoms with E-state index >= 15 is 0 Å². The summed E-state index contributed by atoms with van der Waals surface area (Å²) in [5.41, 5.74) is 1.72. The minimum atomic E-state index is -0.497. The molecule has 1 aliphatic heterocycles. The number of aromatic hydroxyl groups is 2. The van der Waals surface area contributed by atoms with Crippen LogP contribution in [-0.4, -0.2) is 31.5 Å². The summed E-state index contributed by atoms with van der Waals surface area (Å²) in [6, 6.07) is 8.48. The number of aliphatic imine (C=N–C) groups is 1. The van der Waals surface area contributed by atoms with Gasteiger partial charge in [0.1, 0.15) is 0 Å². The van der Waals surface area contributed by atoms with E-state index in [2.05, 4.69) is 20.2 Å². The molecule has 1 fully saturated rings. The second-order valence-electron chi connectivity index (χ2n) is 7.83. The fraction of sp³-hybridized carbons (Fsp3) is 0.318. The van der Waals surface area contributed by atoms with Crippen LogP contribution in [0.1, 0.15) is 59.8 Å². The number of pyridine rings is 1.